The molecule has 0 amide bonds. The van der Waals surface area contributed by atoms with E-state index in [2.05, 4.69) is 10.1 Å². The van der Waals surface area contributed by atoms with Gasteiger partial charge < -0.3 is 0 Å². The smallest absolute Gasteiger partial charge is 0.197 e. The monoisotopic (exact) mass is 250 g/mol. The highest BCUT2D eigenvalue weighted by atomic mass is 16.1. The molecule has 0 bridgehead atoms. The van der Waals surface area contributed by atoms with Crippen molar-refractivity contribution >= 4 is 27.6 Å². The summed E-state index contributed by atoms with van der Waals surface area (Å²) in [6.45, 7) is 0. The topological polar surface area (TPSA) is 71.6 Å². The molecule has 0 saturated carbocycles. The molecule has 0 aliphatic rings. The Kier molecular flexibility index (Phi) is 2.50. The van der Waals surface area contributed by atoms with Crippen LogP contribution in [-0.4, -0.2) is 20.5 Å². The second-order valence-electron chi connectivity index (χ2n) is 4.27. The minimum Gasteiger partial charge on any atom is -0.291 e. The minimum atomic E-state index is -0.273. The summed E-state index contributed by atoms with van der Waals surface area (Å²) in [5, 5.41) is 14.5. The van der Waals surface area contributed by atoms with Crippen LogP contribution in [-0.2, 0) is 7.05 Å². The summed E-state index contributed by atoms with van der Waals surface area (Å²) in [4.78, 5) is 16.2. The zero-order chi connectivity index (χ0) is 13.4. The summed E-state index contributed by atoms with van der Waals surface area (Å²) in [5.74, 6) is -0.273. The van der Waals surface area contributed by atoms with Crippen molar-refractivity contribution in [1.29, 1.82) is 5.26 Å². The number of hydrogen-bond donors (Lipinski definition) is 0. The van der Waals surface area contributed by atoms with Crippen LogP contribution in [0, 0.1) is 11.3 Å². The van der Waals surface area contributed by atoms with Crippen LogP contribution in [0.4, 0.5) is 0 Å². The molecule has 2 heterocycles. The highest BCUT2D eigenvalue weighted by Gasteiger charge is 2.17. The Morgan fingerprint density at radius 2 is 2.16 bits per heavy atom. The van der Waals surface area contributed by atoms with Gasteiger partial charge in [0.1, 0.15) is 12.1 Å². The van der Waals surface area contributed by atoms with Crippen LogP contribution < -0.4 is 0 Å². The van der Waals surface area contributed by atoms with Crippen LogP contribution in [0.1, 0.15) is 16.9 Å². The Hall–Kier alpha value is -2.74. The van der Waals surface area contributed by atoms with Gasteiger partial charge in [-0.3, -0.25) is 14.5 Å². The lowest BCUT2D eigenvalue weighted by Gasteiger charge is -2.00. The molecule has 3 aromatic rings. The van der Waals surface area contributed by atoms with Gasteiger partial charge in [0.05, 0.1) is 17.1 Å². The maximum absolute atomic E-state index is 11.9. The van der Waals surface area contributed by atoms with Crippen molar-refractivity contribution in [3.63, 3.8) is 0 Å². The van der Waals surface area contributed by atoms with Crippen molar-refractivity contribution in [2.45, 2.75) is 6.42 Å². The number of nitriles is 1. The first-order valence-corrected chi connectivity index (χ1v) is 5.83. The maximum Gasteiger partial charge on any atom is 0.197 e. The molecule has 0 aliphatic carbocycles. The number of carbonyl (C=O) groups is 1. The summed E-state index contributed by atoms with van der Waals surface area (Å²) in [5.41, 5.74) is 2.04. The second kappa shape index (κ2) is 4.18. The van der Waals surface area contributed by atoms with Gasteiger partial charge in [-0.25, -0.2) is 0 Å². The third-order valence-electron chi connectivity index (χ3n) is 3.08. The number of aryl methyl sites for hydroxylation is 1. The van der Waals surface area contributed by atoms with Crippen molar-refractivity contribution in [3.8, 4) is 6.07 Å². The fourth-order valence-corrected chi connectivity index (χ4v) is 2.26. The molecule has 19 heavy (non-hydrogen) atoms. The molecule has 5 nitrogen and oxygen atoms in total. The zero-order valence-corrected chi connectivity index (χ0v) is 10.3. The van der Waals surface area contributed by atoms with Gasteiger partial charge in [-0.15, -0.1) is 0 Å². The summed E-state index contributed by atoms with van der Waals surface area (Å²) in [7, 11) is 1.79. The first-order valence-electron chi connectivity index (χ1n) is 5.83. The molecule has 0 fully saturated rings. The lowest BCUT2D eigenvalue weighted by atomic mass is 10.1. The molecule has 0 radical (unpaired) electrons. The number of nitrogens with zero attached hydrogens (tertiary/aromatic N) is 4. The third-order valence-corrected chi connectivity index (χ3v) is 3.08. The van der Waals surface area contributed by atoms with E-state index >= 15 is 0 Å². The van der Waals surface area contributed by atoms with Crippen LogP contribution >= 0.6 is 0 Å². The number of carbonyl (C=O) groups excluding carboxylic acids is 1. The third kappa shape index (κ3) is 1.66. The molecule has 0 saturated heterocycles. The summed E-state index contributed by atoms with van der Waals surface area (Å²) >= 11 is 0. The SMILES string of the molecule is Cn1nc(C(=O)CC#N)c2cnc3ccccc3c21. The fourth-order valence-electron chi connectivity index (χ4n) is 2.26. The molecular formula is C14H10N4O. The quantitative estimate of drug-likeness (QED) is 0.654. The van der Waals surface area contributed by atoms with Crippen LogP contribution in [0.2, 0.25) is 0 Å². The number of Topliss-reactive ketones (excluding diaryl/α,β-unsaturated/α-hetero) is 1. The van der Waals surface area contributed by atoms with Crippen molar-refractivity contribution in [1.82, 2.24) is 14.8 Å². The number of pyridine rings is 1. The Morgan fingerprint density at radius 3 is 2.95 bits per heavy atom. The average Bonchev–Trinajstić information content (AvgIpc) is 2.77. The fraction of sp³-hybridized carbons (Fsp3) is 0.143. The van der Waals surface area contributed by atoms with Crippen molar-refractivity contribution < 1.29 is 4.79 Å². The first-order chi connectivity index (χ1) is 9.22. The van der Waals surface area contributed by atoms with Crippen molar-refractivity contribution in [2.24, 2.45) is 7.05 Å². The lowest BCUT2D eigenvalue weighted by molar-refractivity contribution is 0.0994. The number of hydrogen-bond acceptors (Lipinski definition) is 4. The van der Waals surface area contributed by atoms with Gasteiger partial charge in [-0.05, 0) is 6.07 Å². The normalized spacial score (nSPS) is 10.7. The molecule has 2 aromatic heterocycles. The summed E-state index contributed by atoms with van der Waals surface area (Å²) in [6.07, 6.45) is 1.48. The average molecular weight is 250 g/mol. The van der Waals surface area contributed by atoms with Crippen molar-refractivity contribution in [2.75, 3.05) is 0 Å². The van der Waals surface area contributed by atoms with Gasteiger partial charge in [0.2, 0.25) is 0 Å². The molecule has 92 valence electrons. The standard InChI is InChI=1S/C14H10N4O/c1-18-14-9-4-2-3-5-11(9)16-8-10(14)13(17-18)12(19)6-7-15/h2-5,8H,6H2,1H3. The first kappa shape index (κ1) is 11.4. The second-order valence-corrected chi connectivity index (χ2v) is 4.27. The number of para-hydroxylation sites is 1. The number of benzene rings is 1. The number of fused-ring (bicyclic) bond motifs is 3. The van der Waals surface area contributed by atoms with Crippen LogP contribution in [0.25, 0.3) is 21.8 Å². The predicted molar refractivity (Wildman–Crippen MR) is 70.6 cm³/mol. The summed E-state index contributed by atoms with van der Waals surface area (Å²) in [6, 6.07) is 9.56. The summed E-state index contributed by atoms with van der Waals surface area (Å²) < 4.78 is 1.67. The van der Waals surface area contributed by atoms with Crippen molar-refractivity contribution in [3.05, 3.63) is 36.2 Å². The van der Waals surface area contributed by atoms with E-state index in [0.717, 1.165) is 16.4 Å². The number of ketones is 1. The molecule has 0 aliphatic heterocycles. The minimum absolute atomic E-state index is 0.168. The Morgan fingerprint density at radius 1 is 1.37 bits per heavy atom. The van der Waals surface area contributed by atoms with E-state index in [-0.39, 0.29) is 12.2 Å². The van der Waals surface area contributed by atoms with Crippen LogP contribution in [0.5, 0.6) is 0 Å². The largest absolute Gasteiger partial charge is 0.291 e. The predicted octanol–water partition coefficient (Wildman–Crippen LogP) is 2.22. The van der Waals surface area contributed by atoms with E-state index in [1.54, 1.807) is 17.9 Å². The van der Waals surface area contributed by atoms with E-state index in [1.165, 1.54) is 0 Å². The molecule has 0 N–H and O–H groups in total. The Bertz CT molecular complexity index is 842. The molecule has 1 aromatic carbocycles. The van der Waals surface area contributed by atoms with Gasteiger partial charge in [0.25, 0.3) is 0 Å². The van der Waals surface area contributed by atoms with E-state index in [0.29, 0.717) is 11.1 Å². The highest BCUT2D eigenvalue weighted by molar-refractivity contribution is 6.12. The van der Waals surface area contributed by atoms with E-state index < -0.39 is 0 Å². The molecular weight excluding hydrogens is 240 g/mol. The Balaban J connectivity index is 2.38. The van der Waals surface area contributed by atoms with Crippen LogP contribution in [0.3, 0.4) is 0 Å². The Labute approximate surface area is 109 Å². The molecule has 0 spiro atoms. The zero-order valence-electron chi connectivity index (χ0n) is 10.3. The van der Waals surface area contributed by atoms with Gasteiger partial charge in [0, 0.05) is 24.0 Å². The van der Waals surface area contributed by atoms with Gasteiger partial charge in [-0.2, -0.15) is 10.4 Å². The molecule has 3 rings (SSSR count). The van der Waals surface area contributed by atoms with Crippen LogP contribution in [0.15, 0.2) is 30.5 Å². The number of rotatable bonds is 2. The lowest BCUT2D eigenvalue weighted by Crippen LogP contribution is -2.00. The van der Waals surface area contributed by atoms with E-state index in [4.69, 9.17) is 5.26 Å². The van der Waals surface area contributed by atoms with E-state index in [9.17, 15) is 4.79 Å². The van der Waals surface area contributed by atoms with E-state index in [1.807, 2.05) is 30.3 Å². The molecule has 5 heteroatoms. The maximum atomic E-state index is 11.9. The highest BCUT2D eigenvalue weighted by Crippen LogP contribution is 2.25. The molecule has 0 unspecified atom stereocenters. The van der Waals surface area contributed by atoms with Gasteiger partial charge in [0.15, 0.2) is 5.78 Å². The van der Waals surface area contributed by atoms with Gasteiger partial charge >= 0.3 is 0 Å². The molecule has 0 atom stereocenters. The van der Waals surface area contributed by atoms with Gasteiger partial charge in [-0.1, -0.05) is 18.2 Å². The number of aromatic nitrogens is 3.